The Bertz CT molecular complexity index is 837. The third-order valence-corrected chi connectivity index (χ3v) is 3.89. The van der Waals surface area contributed by atoms with Crippen LogP contribution in [0.3, 0.4) is 0 Å². The van der Waals surface area contributed by atoms with Crippen LogP contribution in [0, 0.1) is 6.92 Å². The number of carbonyl (C=O) groups is 1. The molecule has 1 N–H and O–H groups in total. The van der Waals surface area contributed by atoms with Crippen LogP contribution in [-0.4, -0.2) is 30.1 Å². The van der Waals surface area contributed by atoms with E-state index in [4.69, 9.17) is 8.94 Å². The highest BCUT2D eigenvalue weighted by Gasteiger charge is 2.23. The van der Waals surface area contributed by atoms with Crippen molar-refractivity contribution in [2.75, 3.05) is 14.1 Å². The summed E-state index contributed by atoms with van der Waals surface area (Å²) in [4.78, 5) is 14.6. The van der Waals surface area contributed by atoms with E-state index in [2.05, 4.69) is 10.5 Å². The Morgan fingerprint density at radius 2 is 2.04 bits per heavy atom. The van der Waals surface area contributed by atoms with Gasteiger partial charge in [0.1, 0.15) is 11.7 Å². The monoisotopic (exact) mass is 339 g/mol. The molecule has 1 unspecified atom stereocenters. The van der Waals surface area contributed by atoms with E-state index in [1.807, 2.05) is 50.2 Å². The van der Waals surface area contributed by atoms with Crippen molar-refractivity contribution in [3.8, 4) is 11.5 Å². The molecule has 0 bridgehead atoms. The van der Waals surface area contributed by atoms with Gasteiger partial charge in [0.25, 0.3) is 0 Å². The van der Waals surface area contributed by atoms with Crippen molar-refractivity contribution in [1.82, 2.24) is 15.4 Å². The first-order valence-electron chi connectivity index (χ1n) is 8.05. The Balaban J connectivity index is 1.68. The fourth-order valence-corrected chi connectivity index (χ4v) is 2.73. The number of rotatable bonds is 6. The van der Waals surface area contributed by atoms with E-state index < -0.39 is 0 Å². The van der Waals surface area contributed by atoms with E-state index in [1.165, 1.54) is 0 Å². The van der Waals surface area contributed by atoms with Crippen molar-refractivity contribution in [3.63, 3.8) is 0 Å². The molecule has 0 aliphatic heterocycles. The fraction of sp³-hybridized carbons (Fsp3) is 0.263. The van der Waals surface area contributed by atoms with Crippen molar-refractivity contribution in [3.05, 3.63) is 65.5 Å². The highest BCUT2D eigenvalue weighted by atomic mass is 16.5. The van der Waals surface area contributed by atoms with Gasteiger partial charge >= 0.3 is 0 Å². The molecule has 3 aromatic rings. The van der Waals surface area contributed by atoms with Crippen LogP contribution in [0.15, 0.2) is 57.7 Å². The molecule has 1 aromatic carbocycles. The molecular formula is C19H21N3O3. The lowest BCUT2D eigenvalue weighted by Gasteiger charge is -2.24. The molecule has 0 fully saturated rings. The van der Waals surface area contributed by atoms with Crippen LogP contribution in [-0.2, 0) is 11.3 Å². The second kappa shape index (κ2) is 7.36. The predicted octanol–water partition coefficient (Wildman–Crippen LogP) is 3.16. The Labute approximate surface area is 146 Å². The highest BCUT2D eigenvalue weighted by Crippen LogP contribution is 2.22. The molecule has 0 spiro atoms. The lowest BCUT2D eigenvalue weighted by molar-refractivity contribution is -0.126. The molecule has 1 atom stereocenters. The molecule has 0 radical (unpaired) electrons. The van der Waals surface area contributed by atoms with Crippen molar-refractivity contribution in [1.29, 1.82) is 0 Å². The molecule has 2 heterocycles. The summed E-state index contributed by atoms with van der Waals surface area (Å²) >= 11 is 0. The van der Waals surface area contributed by atoms with Gasteiger partial charge in [-0.15, -0.1) is 0 Å². The first-order chi connectivity index (χ1) is 12.0. The molecule has 0 saturated carbocycles. The number of nitrogens with one attached hydrogen (secondary N) is 1. The average Bonchev–Trinajstić information content (AvgIpc) is 3.24. The van der Waals surface area contributed by atoms with Crippen molar-refractivity contribution >= 4 is 5.91 Å². The third kappa shape index (κ3) is 3.97. The number of likely N-dealkylation sites (N-methyl/N-ethyl adjacent to an activating group) is 1. The van der Waals surface area contributed by atoms with Crippen LogP contribution < -0.4 is 5.32 Å². The standard InChI is InChI=1S/C19H21N3O3/c1-13-6-4-7-14(10-13)18(22(2)3)19(23)20-12-15-11-17(25-21-15)16-8-5-9-24-16/h4-11,18H,12H2,1-3H3,(H,20,23). The van der Waals surface area contributed by atoms with Gasteiger partial charge in [0.15, 0.2) is 5.76 Å². The van der Waals surface area contributed by atoms with Crippen LogP contribution in [0.2, 0.25) is 0 Å². The van der Waals surface area contributed by atoms with Crippen LogP contribution in [0.5, 0.6) is 0 Å². The minimum absolute atomic E-state index is 0.0850. The minimum Gasteiger partial charge on any atom is -0.461 e. The van der Waals surface area contributed by atoms with Gasteiger partial charge in [-0.25, -0.2) is 0 Å². The molecule has 6 nitrogen and oxygen atoms in total. The number of hydrogen-bond acceptors (Lipinski definition) is 5. The first kappa shape index (κ1) is 17.0. The molecule has 0 aliphatic carbocycles. The fourth-order valence-electron chi connectivity index (χ4n) is 2.73. The largest absolute Gasteiger partial charge is 0.461 e. The maximum atomic E-state index is 12.7. The molecule has 130 valence electrons. The summed E-state index contributed by atoms with van der Waals surface area (Å²) in [6.07, 6.45) is 1.57. The van der Waals surface area contributed by atoms with E-state index in [-0.39, 0.29) is 11.9 Å². The van der Waals surface area contributed by atoms with Crippen LogP contribution >= 0.6 is 0 Å². The topological polar surface area (TPSA) is 71.5 Å². The molecule has 0 saturated heterocycles. The SMILES string of the molecule is Cc1cccc(C(C(=O)NCc2cc(-c3ccco3)on2)N(C)C)c1. The van der Waals surface area contributed by atoms with Crippen molar-refractivity contribution in [2.45, 2.75) is 19.5 Å². The number of carbonyl (C=O) groups excluding carboxylic acids is 1. The molecular weight excluding hydrogens is 318 g/mol. The highest BCUT2D eigenvalue weighted by molar-refractivity contribution is 5.83. The maximum Gasteiger partial charge on any atom is 0.242 e. The van der Waals surface area contributed by atoms with Crippen LogP contribution in [0.1, 0.15) is 22.9 Å². The Kier molecular flexibility index (Phi) is 5.00. The number of nitrogens with zero attached hydrogens (tertiary/aromatic N) is 2. The third-order valence-electron chi connectivity index (χ3n) is 3.89. The van der Waals surface area contributed by atoms with Crippen LogP contribution in [0.25, 0.3) is 11.5 Å². The van der Waals surface area contributed by atoms with Gasteiger partial charge in [0, 0.05) is 6.07 Å². The number of aromatic nitrogens is 1. The summed E-state index contributed by atoms with van der Waals surface area (Å²) < 4.78 is 10.5. The normalized spacial score (nSPS) is 12.3. The summed E-state index contributed by atoms with van der Waals surface area (Å²) in [5.74, 6) is 1.06. The van der Waals surface area contributed by atoms with Gasteiger partial charge in [0.05, 0.1) is 12.8 Å². The molecule has 3 rings (SSSR count). The average molecular weight is 339 g/mol. The molecule has 0 aliphatic rings. The van der Waals surface area contributed by atoms with Gasteiger partial charge in [0.2, 0.25) is 11.7 Å². The second-order valence-corrected chi connectivity index (χ2v) is 6.16. The van der Waals surface area contributed by atoms with E-state index in [0.29, 0.717) is 23.8 Å². The molecule has 2 aromatic heterocycles. The zero-order chi connectivity index (χ0) is 17.8. The lowest BCUT2D eigenvalue weighted by atomic mass is 10.0. The second-order valence-electron chi connectivity index (χ2n) is 6.16. The summed E-state index contributed by atoms with van der Waals surface area (Å²) in [5, 5.41) is 6.90. The van der Waals surface area contributed by atoms with E-state index >= 15 is 0 Å². The summed E-state index contributed by atoms with van der Waals surface area (Å²) in [6.45, 7) is 2.30. The number of benzene rings is 1. The van der Waals surface area contributed by atoms with E-state index in [9.17, 15) is 4.79 Å². The Morgan fingerprint density at radius 3 is 2.72 bits per heavy atom. The van der Waals surface area contributed by atoms with Crippen molar-refractivity contribution < 1.29 is 13.7 Å². The molecule has 25 heavy (non-hydrogen) atoms. The maximum absolute atomic E-state index is 12.7. The predicted molar refractivity (Wildman–Crippen MR) is 93.7 cm³/mol. The number of furan rings is 1. The van der Waals surface area contributed by atoms with E-state index in [0.717, 1.165) is 11.1 Å². The quantitative estimate of drug-likeness (QED) is 0.747. The number of aryl methyl sites for hydroxylation is 1. The molecule has 1 amide bonds. The molecule has 6 heteroatoms. The minimum atomic E-state index is -0.364. The van der Waals surface area contributed by atoms with Gasteiger partial charge in [-0.05, 0) is 38.7 Å². The Morgan fingerprint density at radius 1 is 1.20 bits per heavy atom. The van der Waals surface area contributed by atoms with E-state index in [1.54, 1.807) is 24.5 Å². The zero-order valence-electron chi connectivity index (χ0n) is 14.5. The van der Waals surface area contributed by atoms with Gasteiger partial charge in [-0.3, -0.25) is 9.69 Å². The summed E-state index contributed by atoms with van der Waals surface area (Å²) in [5.41, 5.74) is 2.72. The summed E-state index contributed by atoms with van der Waals surface area (Å²) in [6, 6.07) is 12.9. The first-order valence-corrected chi connectivity index (χ1v) is 8.05. The van der Waals surface area contributed by atoms with Crippen LogP contribution in [0.4, 0.5) is 0 Å². The van der Waals surface area contributed by atoms with Gasteiger partial charge in [-0.1, -0.05) is 35.0 Å². The van der Waals surface area contributed by atoms with Gasteiger partial charge < -0.3 is 14.3 Å². The van der Waals surface area contributed by atoms with Gasteiger partial charge in [-0.2, -0.15) is 0 Å². The van der Waals surface area contributed by atoms with Crippen molar-refractivity contribution in [2.24, 2.45) is 0 Å². The smallest absolute Gasteiger partial charge is 0.242 e. The number of amides is 1. The zero-order valence-corrected chi connectivity index (χ0v) is 14.5. The Hall–Kier alpha value is -2.86. The number of hydrogen-bond donors (Lipinski definition) is 1. The lowest BCUT2D eigenvalue weighted by Crippen LogP contribution is -2.36. The summed E-state index contributed by atoms with van der Waals surface area (Å²) in [7, 11) is 3.77.